The van der Waals surface area contributed by atoms with Crippen LogP contribution in [-0.4, -0.2) is 14.2 Å². The van der Waals surface area contributed by atoms with Crippen molar-refractivity contribution in [3.8, 4) is 0 Å². The summed E-state index contributed by atoms with van der Waals surface area (Å²) in [7, 11) is -3.36. The minimum absolute atomic E-state index is 0.0943. The van der Waals surface area contributed by atoms with Crippen molar-refractivity contribution in [2.45, 2.75) is 23.7 Å². The highest BCUT2D eigenvalue weighted by Crippen LogP contribution is 2.35. The van der Waals surface area contributed by atoms with Gasteiger partial charge in [-0.05, 0) is 29.2 Å². The summed E-state index contributed by atoms with van der Waals surface area (Å²) in [6, 6.07) is 28.8. The van der Waals surface area contributed by atoms with Gasteiger partial charge in [0.05, 0.1) is 10.6 Å². The van der Waals surface area contributed by atoms with Crippen molar-refractivity contribution >= 4 is 9.84 Å². The molecule has 0 aliphatic rings. The van der Waals surface area contributed by atoms with Crippen molar-refractivity contribution in [2.75, 3.05) is 5.75 Å². The molecule has 0 spiro atoms. The molecule has 0 saturated heterocycles. The molecule has 0 radical (unpaired) electrons. The molecule has 2 nitrogen and oxygen atoms in total. The second-order valence-electron chi connectivity index (χ2n) is 6.31. The zero-order chi connectivity index (χ0) is 17.7. The normalized spacial score (nSPS) is 14.0. The quantitative estimate of drug-likeness (QED) is 0.623. The summed E-state index contributed by atoms with van der Waals surface area (Å²) in [4.78, 5) is 0.385. The van der Waals surface area contributed by atoms with Gasteiger partial charge in [-0.1, -0.05) is 85.8 Å². The van der Waals surface area contributed by atoms with Gasteiger partial charge in [-0.3, -0.25) is 0 Å². The molecule has 3 heteroatoms. The van der Waals surface area contributed by atoms with Crippen LogP contribution >= 0.6 is 0 Å². The van der Waals surface area contributed by atoms with Gasteiger partial charge in [-0.25, -0.2) is 8.42 Å². The predicted octanol–water partition coefficient (Wildman–Crippen LogP) is 5.05. The van der Waals surface area contributed by atoms with Crippen LogP contribution in [0.2, 0.25) is 0 Å². The fourth-order valence-corrected chi connectivity index (χ4v) is 4.90. The van der Waals surface area contributed by atoms with Gasteiger partial charge in [0, 0.05) is 5.92 Å². The third-order valence-electron chi connectivity index (χ3n) is 4.66. The summed E-state index contributed by atoms with van der Waals surface area (Å²) in [5.74, 6) is 0.0905. The Bertz CT molecular complexity index is 889. The Balaban J connectivity index is 1.98. The monoisotopic (exact) mass is 350 g/mol. The zero-order valence-corrected chi connectivity index (χ0v) is 15.1. The molecule has 0 fully saturated rings. The van der Waals surface area contributed by atoms with E-state index in [-0.39, 0.29) is 17.6 Å². The molecule has 0 unspecified atom stereocenters. The maximum absolute atomic E-state index is 13.0. The first-order valence-corrected chi connectivity index (χ1v) is 10.1. The fourth-order valence-electron chi connectivity index (χ4n) is 3.18. The minimum Gasteiger partial charge on any atom is -0.224 e. The lowest BCUT2D eigenvalue weighted by Gasteiger charge is -2.25. The van der Waals surface area contributed by atoms with Gasteiger partial charge in [0.15, 0.2) is 9.84 Å². The number of hydrogen-bond acceptors (Lipinski definition) is 2. The van der Waals surface area contributed by atoms with Gasteiger partial charge < -0.3 is 0 Å². The highest BCUT2D eigenvalue weighted by atomic mass is 32.2. The second-order valence-corrected chi connectivity index (χ2v) is 8.35. The van der Waals surface area contributed by atoms with E-state index in [1.807, 2.05) is 54.6 Å². The summed E-state index contributed by atoms with van der Waals surface area (Å²) in [6.45, 7) is 2.10. The van der Waals surface area contributed by atoms with E-state index >= 15 is 0 Å². The fraction of sp³-hybridized carbons (Fsp3) is 0.182. The van der Waals surface area contributed by atoms with Gasteiger partial charge in [0.1, 0.15) is 0 Å². The van der Waals surface area contributed by atoms with E-state index < -0.39 is 9.84 Å². The standard InChI is InChI=1S/C22H22O2S/c1-18(19-11-5-2-6-12-19)22(20-13-7-3-8-14-20)17-25(23,24)21-15-9-4-10-16-21/h2-16,18,22H,17H2,1H3/t18-,22-/m0/s1. The Hall–Kier alpha value is -2.39. The van der Waals surface area contributed by atoms with Crippen LogP contribution in [0.25, 0.3) is 0 Å². The predicted molar refractivity (Wildman–Crippen MR) is 103 cm³/mol. The molecule has 2 atom stereocenters. The van der Waals surface area contributed by atoms with Crippen LogP contribution in [0.3, 0.4) is 0 Å². The van der Waals surface area contributed by atoms with Gasteiger partial charge in [0.25, 0.3) is 0 Å². The van der Waals surface area contributed by atoms with E-state index in [4.69, 9.17) is 0 Å². The van der Waals surface area contributed by atoms with Crippen LogP contribution in [0, 0.1) is 0 Å². The highest BCUT2D eigenvalue weighted by Gasteiger charge is 2.27. The van der Waals surface area contributed by atoms with Crippen molar-refractivity contribution < 1.29 is 8.42 Å². The van der Waals surface area contributed by atoms with Crippen molar-refractivity contribution in [3.05, 3.63) is 102 Å². The smallest absolute Gasteiger partial charge is 0.178 e. The van der Waals surface area contributed by atoms with Crippen LogP contribution in [0.15, 0.2) is 95.9 Å². The third-order valence-corrected chi connectivity index (χ3v) is 6.45. The SMILES string of the molecule is C[C@@H](c1ccccc1)[C@H](CS(=O)(=O)c1ccccc1)c1ccccc1. The van der Waals surface area contributed by atoms with Crippen LogP contribution < -0.4 is 0 Å². The van der Waals surface area contributed by atoms with E-state index in [2.05, 4.69) is 19.1 Å². The number of benzene rings is 3. The Kier molecular flexibility index (Phi) is 5.34. The first-order valence-electron chi connectivity index (χ1n) is 8.45. The molecule has 0 aliphatic heterocycles. The van der Waals surface area contributed by atoms with Gasteiger partial charge in [-0.2, -0.15) is 0 Å². The first kappa shape index (κ1) is 17.4. The van der Waals surface area contributed by atoms with Gasteiger partial charge >= 0.3 is 0 Å². The van der Waals surface area contributed by atoms with Crippen LogP contribution in [0.5, 0.6) is 0 Å². The number of rotatable bonds is 6. The zero-order valence-electron chi connectivity index (χ0n) is 14.2. The number of hydrogen-bond donors (Lipinski definition) is 0. The maximum atomic E-state index is 13.0. The summed E-state index contributed by atoms with van der Waals surface area (Å²) in [5, 5.41) is 0. The Morgan fingerprint density at radius 1 is 0.680 bits per heavy atom. The maximum Gasteiger partial charge on any atom is 0.178 e. The van der Waals surface area contributed by atoms with Gasteiger partial charge in [0.2, 0.25) is 0 Å². The minimum atomic E-state index is -3.36. The van der Waals surface area contributed by atoms with Crippen LogP contribution in [0.4, 0.5) is 0 Å². The Morgan fingerprint density at radius 2 is 1.12 bits per heavy atom. The molecular weight excluding hydrogens is 328 g/mol. The lowest BCUT2D eigenvalue weighted by atomic mass is 9.84. The molecule has 0 saturated carbocycles. The summed E-state index contributed by atoms with van der Waals surface area (Å²) < 4.78 is 25.9. The van der Waals surface area contributed by atoms with E-state index in [1.165, 1.54) is 0 Å². The second kappa shape index (κ2) is 7.66. The summed E-state index contributed by atoms with van der Waals surface area (Å²) in [5.41, 5.74) is 2.21. The van der Waals surface area contributed by atoms with E-state index in [0.717, 1.165) is 11.1 Å². The van der Waals surface area contributed by atoms with Crippen molar-refractivity contribution in [3.63, 3.8) is 0 Å². The third kappa shape index (κ3) is 4.18. The van der Waals surface area contributed by atoms with E-state index in [0.29, 0.717) is 4.90 Å². The molecule has 0 aromatic heterocycles. The van der Waals surface area contributed by atoms with Crippen LogP contribution in [-0.2, 0) is 9.84 Å². The molecular formula is C22H22O2S. The Labute approximate surface area is 150 Å². The largest absolute Gasteiger partial charge is 0.224 e. The van der Waals surface area contributed by atoms with Gasteiger partial charge in [-0.15, -0.1) is 0 Å². The van der Waals surface area contributed by atoms with Crippen molar-refractivity contribution in [1.82, 2.24) is 0 Å². The van der Waals surface area contributed by atoms with Crippen molar-refractivity contribution in [2.24, 2.45) is 0 Å². The Morgan fingerprint density at radius 3 is 1.64 bits per heavy atom. The highest BCUT2D eigenvalue weighted by molar-refractivity contribution is 7.91. The number of sulfone groups is 1. The van der Waals surface area contributed by atoms with E-state index in [9.17, 15) is 8.42 Å². The molecule has 3 aromatic rings. The molecule has 25 heavy (non-hydrogen) atoms. The molecule has 0 amide bonds. The van der Waals surface area contributed by atoms with Crippen molar-refractivity contribution in [1.29, 1.82) is 0 Å². The average Bonchev–Trinajstić information content (AvgIpc) is 2.68. The van der Waals surface area contributed by atoms with Crippen LogP contribution in [0.1, 0.15) is 29.9 Å². The lowest BCUT2D eigenvalue weighted by molar-refractivity contribution is 0.568. The molecule has 3 rings (SSSR count). The summed E-state index contributed by atoms with van der Waals surface area (Å²) in [6.07, 6.45) is 0. The molecule has 128 valence electrons. The first-order chi connectivity index (χ1) is 12.1. The molecule has 0 N–H and O–H groups in total. The lowest BCUT2D eigenvalue weighted by Crippen LogP contribution is -2.20. The molecule has 3 aromatic carbocycles. The molecule has 0 heterocycles. The summed E-state index contributed by atoms with van der Waals surface area (Å²) >= 11 is 0. The molecule has 0 aliphatic carbocycles. The average molecular weight is 350 g/mol. The topological polar surface area (TPSA) is 34.1 Å². The van der Waals surface area contributed by atoms with E-state index in [1.54, 1.807) is 24.3 Å². The molecule has 0 bridgehead atoms.